The number of hydrogen-bond acceptors (Lipinski definition) is 5. The van der Waals surface area contributed by atoms with Crippen molar-refractivity contribution in [1.29, 1.82) is 0 Å². The van der Waals surface area contributed by atoms with Crippen molar-refractivity contribution in [2.24, 2.45) is 0 Å². The number of methoxy groups -OCH3 is 1. The number of carbonyl (C=O) groups excluding carboxylic acids is 1. The number of rotatable bonds is 8. The summed E-state index contributed by atoms with van der Waals surface area (Å²) in [6, 6.07) is 11.6. The zero-order chi connectivity index (χ0) is 20.0. The molecular formula is C20H24N2O5. The summed E-state index contributed by atoms with van der Waals surface area (Å²) in [6.07, 6.45) is 0.158. The first-order valence-corrected chi connectivity index (χ1v) is 8.76. The first kappa shape index (κ1) is 20.2. The highest BCUT2D eigenvalue weighted by atomic mass is 16.6. The van der Waals surface area contributed by atoms with Gasteiger partial charge in [0.25, 0.3) is 11.6 Å². The largest absolute Gasteiger partial charge is 0.495 e. The summed E-state index contributed by atoms with van der Waals surface area (Å²) in [7, 11) is 1.43. The number of nitro groups is 1. The van der Waals surface area contributed by atoms with Gasteiger partial charge in [0.05, 0.1) is 17.7 Å². The van der Waals surface area contributed by atoms with Crippen LogP contribution in [0.15, 0.2) is 42.5 Å². The number of nitro benzene ring substituents is 1. The molecule has 0 fully saturated rings. The number of nitrogens with zero attached hydrogens (tertiary/aromatic N) is 1. The van der Waals surface area contributed by atoms with Crippen LogP contribution in [0, 0.1) is 10.1 Å². The zero-order valence-corrected chi connectivity index (χ0v) is 15.9. The van der Waals surface area contributed by atoms with Gasteiger partial charge in [-0.1, -0.05) is 32.0 Å². The van der Waals surface area contributed by atoms with Gasteiger partial charge in [-0.15, -0.1) is 0 Å². The second-order valence-corrected chi connectivity index (χ2v) is 6.24. The number of non-ortho nitro benzene ring substituents is 1. The van der Waals surface area contributed by atoms with E-state index in [0.717, 1.165) is 12.0 Å². The minimum absolute atomic E-state index is 0.137. The Morgan fingerprint density at radius 2 is 1.89 bits per heavy atom. The molecule has 0 bridgehead atoms. The molecule has 0 saturated carbocycles. The molecule has 144 valence electrons. The molecule has 0 spiro atoms. The lowest BCUT2D eigenvalue weighted by atomic mass is 9.98. The third-order valence-electron chi connectivity index (χ3n) is 4.39. The number of nitrogens with one attached hydrogen (secondary N) is 1. The normalized spacial score (nSPS) is 12.7. The molecule has 7 nitrogen and oxygen atoms in total. The van der Waals surface area contributed by atoms with Crippen molar-refractivity contribution in [3.8, 4) is 11.5 Å². The first-order valence-electron chi connectivity index (χ1n) is 8.76. The Labute approximate surface area is 158 Å². The summed E-state index contributed by atoms with van der Waals surface area (Å²) in [4.78, 5) is 23.0. The topological polar surface area (TPSA) is 90.7 Å². The van der Waals surface area contributed by atoms with E-state index in [1.165, 1.54) is 25.3 Å². The molecule has 1 N–H and O–H groups in total. The van der Waals surface area contributed by atoms with Crippen LogP contribution in [0.3, 0.4) is 0 Å². The maximum Gasteiger partial charge on any atom is 0.271 e. The average molecular weight is 372 g/mol. The number of amides is 1. The predicted molar refractivity (Wildman–Crippen MR) is 104 cm³/mol. The lowest BCUT2D eigenvalue weighted by Gasteiger charge is -2.20. The average Bonchev–Trinajstić information content (AvgIpc) is 2.67. The van der Waals surface area contributed by atoms with Crippen LogP contribution in [-0.4, -0.2) is 24.0 Å². The molecule has 27 heavy (non-hydrogen) atoms. The van der Waals surface area contributed by atoms with Crippen LogP contribution in [0.5, 0.6) is 11.5 Å². The summed E-state index contributed by atoms with van der Waals surface area (Å²) in [6.45, 7) is 5.82. The molecule has 2 unspecified atom stereocenters. The molecule has 0 aromatic heterocycles. The van der Waals surface area contributed by atoms with Gasteiger partial charge in [0, 0.05) is 12.1 Å². The number of para-hydroxylation sites is 1. The van der Waals surface area contributed by atoms with Crippen LogP contribution in [0.4, 0.5) is 11.4 Å². The van der Waals surface area contributed by atoms with Gasteiger partial charge in [-0.25, -0.2) is 0 Å². The van der Waals surface area contributed by atoms with Crippen LogP contribution in [0.1, 0.15) is 38.7 Å². The number of hydrogen-bond donors (Lipinski definition) is 1. The minimum atomic E-state index is -0.792. The highest BCUT2D eigenvalue weighted by Crippen LogP contribution is 2.31. The summed E-state index contributed by atoms with van der Waals surface area (Å²) >= 11 is 0. The quantitative estimate of drug-likeness (QED) is 0.543. The van der Waals surface area contributed by atoms with Crippen molar-refractivity contribution in [2.45, 2.75) is 39.2 Å². The molecule has 2 aromatic rings. The van der Waals surface area contributed by atoms with Gasteiger partial charge in [-0.2, -0.15) is 0 Å². The van der Waals surface area contributed by atoms with Crippen molar-refractivity contribution in [2.75, 3.05) is 12.4 Å². The molecule has 0 aliphatic rings. The van der Waals surface area contributed by atoms with E-state index >= 15 is 0 Å². The summed E-state index contributed by atoms with van der Waals surface area (Å²) in [5.41, 5.74) is 1.12. The second-order valence-electron chi connectivity index (χ2n) is 6.24. The van der Waals surface area contributed by atoms with Gasteiger partial charge in [-0.05, 0) is 37.0 Å². The van der Waals surface area contributed by atoms with E-state index in [-0.39, 0.29) is 11.4 Å². The minimum Gasteiger partial charge on any atom is -0.495 e. The summed E-state index contributed by atoms with van der Waals surface area (Å²) < 4.78 is 11.0. The van der Waals surface area contributed by atoms with Crippen molar-refractivity contribution in [1.82, 2.24) is 0 Å². The molecule has 2 aromatic carbocycles. The standard InChI is InChI=1S/C20H24N2O5/c1-5-13(2)16-8-6-7-9-18(16)27-14(3)20(23)21-17-12-15(22(24)25)10-11-19(17)26-4/h6-14H,5H2,1-4H3,(H,21,23). The highest BCUT2D eigenvalue weighted by Gasteiger charge is 2.20. The van der Waals surface area contributed by atoms with Crippen molar-refractivity contribution >= 4 is 17.3 Å². The van der Waals surface area contributed by atoms with E-state index in [0.29, 0.717) is 17.4 Å². The molecule has 0 heterocycles. The Balaban J connectivity index is 2.18. The van der Waals surface area contributed by atoms with Gasteiger partial charge in [0.1, 0.15) is 11.5 Å². The molecule has 7 heteroatoms. The molecule has 1 amide bonds. The summed E-state index contributed by atoms with van der Waals surface area (Å²) in [5.74, 6) is 0.864. The molecule has 0 saturated heterocycles. The smallest absolute Gasteiger partial charge is 0.271 e. The van der Waals surface area contributed by atoms with E-state index in [2.05, 4.69) is 19.2 Å². The third-order valence-corrected chi connectivity index (χ3v) is 4.39. The van der Waals surface area contributed by atoms with E-state index in [4.69, 9.17) is 9.47 Å². The van der Waals surface area contributed by atoms with E-state index < -0.39 is 16.9 Å². The fourth-order valence-corrected chi connectivity index (χ4v) is 2.60. The van der Waals surface area contributed by atoms with Gasteiger partial charge in [0.2, 0.25) is 0 Å². The van der Waals surface area contributed by atoms with E-state index in [1.807, 2.05) is 24.3 Å². The number of carbonyl (C=O) groups is 1. The SMILES string of the molecule is CCC(C)c1ccccc1OC(C)C(=O)Nc1cc([N+](=O)[O-])ccc1OC. The van der Waals surface area contributed by atoms with Crippen molar-refractivity contribution < 1.29 is 19.2 Å². The Kier molecular flexibility index (Phi) is 6.76. The Morgan fingerprint density at radius 1 is 1.19 bits per heavy atom. The van der Waals surface area contributed by atoms with Gasteiger partial charge in [-0.3, -0.25) is 14.9 Å². The molecule has 0 aliphatic heterocycles. The van der Waals surface area contributed by atoms with Crippen LogP contribution in [0.25, 0.3) is 0 Å². The predicted octanol–water partition coefficient (Wildman–Crippen LogP) is 4.52. The fraction of sp³-hybridized carbons (Fsp3) is 0.350. The third kappa shape index (κ3) is 4.97. The Morgan fingerprint density at radius 3 is 2.52 bits per heavy atom. The zero-order valence-electron chi connectivity index (χ0n) is 15.9. The Hall–Kier alpha value is -3.09. The van der Waals surface area contributed by atoms with Crippen LogP contribution >= 0.6 is 0 Å². The number of ether oxygens (including phenoxy) is 2. The molecular weight excluding hydrogens is 348 g/mol. The van der Waals surface area contributed by atoms with Gasteiger partial charge in [0.15, 0.2) is 6.10 Å². The fourth-order valence-electron chi connectivity index (χ4n) is 2.60. The maximum absolute atomic E-state index is 12.6. The monoisotopic (exact) mass is 372 g/mol. The molecule has 0 aliphatic carbocycles. The van der Waals surface area contributed by atoms with Crippen molar-refractivity contribution in [3.63, 3.8) is 0 Å². The molecule has 2 atom stereocenters. The van der Waals surface area contributed by atoms with Crippen LogP contribution in [-0.2, 0) is 4.79 Å². The van der Waals surface area contributed by atoms with Gasteiger partial charge < -0.3 is 14.8 Å². The second kappa shape index (κ2) is 9.02. The first-order chi connectivity index (χ1) is 12.9. The Bertz CT molecular complexity index is 822. The molecule has 0 radical (unpaired) electrons. The number of benzene rings is 2. The maximum atomic E-state index is 12.6. The van der Waals surface area contributed by atoms with Gasteiger partial charge >= 0.3 is 0 Å². The van der Waals surface area contributed by atoms with Crippen molar-refractivity contribution in [3.05, 3.63) is 58.1 Å². The lowest BCUT2D eigenvalue weighted by molar-refractivity contribution is -0.384. The summed E-state index contributed by atoms with van der Waals surface area (Å²) in [5, 5.41) is 13.6. The molecule has 2 rings (SSSR count). The van der Waals surface area contributed by atoms with Crippen LogP contribution < -0.4 is 14.8 Å². The lowest BCUT2D eigenvalue weighted by Crippen LogP contribution is -2.30. The van der Waals surface area contributed by atoms with E-state index in [1.54, 1.807) is 6.92 Å². The van der Waals surface area contributed by atoms with Crippen LogP contribution in [0.2, 0.25) is 0 Å². The van der Waals surface area contributed by atoms with E-state index in [9.17, 15) is 14.9 Å². The highest BCUT2D eigenvalue weighted by molar-refractivity contribution is 5.95. The number of anilines is 1.